The van der Waals surface area contributed by atoms with E-state index in [1.807, 2.05) is 14.0 Å². The predicted molar refractivity (Wildman–Crippen MR) is 94.8 cm³/mol. The molecule has 1 N–H and O–H groups in total. The van der Waals surface area contributed by atoms with Crippen LogP contribution in [0, 0.1) is 12.7 Å². The molecule has 0 saturated carbocycles. The summed E-state index contributed by atoms with van der Waals surface area (Å²) in [7, 11) is 2.03. The third kappa shape index (κ3) is 3.46. The Kier molecular flexibility index (Phi) is 5.30. The molecule has 26 heavy (non-hydrogen) atoms. The van der Waals surface area contributed by atoms with Crippen molar-refractivity contribution in [2.45, 2.75) is 13.0 Å². The van der Waals surface area contributed by atoms with Gasteiger partial charge in [0, 0.05) is 19.6 Å². The van der Waals surface area contributed by atoms with Crippen LogP contribution in [-0.2, 0) is 0 Å². The van der Waals surface area contributed by atoms with Crippen molar-refractivity contribution in [2.24, 2.45) is 0 Å². The number of hydrogen-bond donors (Lipinski definition) is 1. The molecule has 0 bridgehead atoms. The number of hydrogen-bond acceptors (Lipinski definition) is 7. The minimum Gasteiger partial charge on any atom is -0.330 e. The Morgan fingerprint density at radius 1 is 1.23 bits per heavy atom. The van der Waals surface area contributed by atoms with Crippen molar-refractivity contribution in [3.05, 3.63) is 41.7 Å². The molecular formula is C16H19ClFN7O. The van der Waals surface area contributed by atoms with Gasteiger partial charge in [0.1, 0.15) is 11.6 Å². The van der Waals surface area contributed by atoms with Crippen molar-refractivity contribution in [3.63, 3.8) is 0 Å². The van der Waals surface area contributed by atoms with Gasteiger partial charge in [-0.15, -0.1) is 17.5 Å². The van der Waals surface area contributed by atoms with Crippen LogP contribution in [0.25, 0.3) is 17.4 Å². The number of halogens is 2. The van der Waals surface area contributed by atoms with Gasteiger partial charge in [0.2, 0.25) is 5.82 Å². The first-order chi connectivity index (χ1) is 12.1. The van der Waals surface area contributed by atoms with Gasteiger partial charge in [-0.25, -0.2) is 14.1 Å². The van der Waals surface area contributed by atoms with E-state index in [-0.39, 0.29) is 30.2 Å². The maximum atomic E-state index is 13.1. The number of likely N-dealkylation sites (N-methyl/N-ethyl adjacent to an activating group) is 1. The van der Waals surface area contributed by atoms with Crippen LogP contribution in [0.15, 0.2) is 28.8 Å². The Bertz CT molecular complexity index is 879. The first-order valence-corrected chi connectivity index (χ1v) is 8.06. The average molecular weight is 380 g/mol. The fourth-order valence-electron chi connectivity index (χ4n) is 2.86. The summed E-state index contributed by atoms with van der Waals surface area (Å²) >= 11 is 0. The van der Waals surface area contributed by atoms with Crippen LogP contribution >= 0.6 is 12.4 Å². The quantitative estimate of drug-likeness (QED) is 0.742. The molecule has 1 atom stereocenters. The molecule has 1 aliphatic heterocycles. The first kappa shape index (κ1) is 18.4. The van der Waals surface area contributed by atoms with E-state index < -0.39 is 0 Å². The van der Waals surface area contributed by atoms with Crippen LogP contribution in [0.4, 0.5) is 4.39 Å². The van der Waals surface area contributed by atoms with E-state index in [1.54, 1.807) is 16.8 Å². The number of rotatable bonds is 3. The second-order valence-corrected chi connectivity index (χ2v) is 6.03. The lowest BCUT2D eigenvalue weighted by molar-refractivity contribution is 0.190. The smallest absolute Gasteiger partial charge is 0.297 e. The van der Waals surface area contributed by atoms with Crippen LogP contribution in [0.1, 0.15) is 17.7 Å². The molecule has 1 fully saturated rings. The Hall–Kier alpha value is -2.36. The fraction of sp³-hybridized carbons (Fsp3) is 0.375. The van der Waals surface area contributed by atoms with Gasteiger partial charge in [-0.1, -0.05) is 5.16 Å². The molecule has 0 amide bonds. The van der Waals surface area contributed by atoms with Crippen LogP contribution in [0.2, 0.25) is 0 Å². The molecule has 1 saturated heterocycles. The molecule has 0 radical (unpaired) electrons. The highest BCUT2D eigenvalue weighted by Gasteiger charge is 2.26. The third-order valence-corrected chi connectivity index (χ3v) is 4.28. The normalized spacial score (nSPS) is 17.9. The second-order valence-electron chi connectivity index (χ2n) is 6.03. The Balaban J connectivity index is 0.00000196. The summed E-state index contributed by atoms with van der Waals surface area (Å²) in [5.74, 6) is 1.59. The molecule has 1 aromatic carbocycles. The maximum Gasteiger partial charge on any atom is 0.297 e. The number of aromatic nitrogens is 5. The number of nitrogens with one attached hydrogen (secondary N) is 1. The van der Waals surface area contributed by atoms with Crippen LogP contribution in [-0.4, -0.2) is 56.5 Å². The maximum absolute atomic E-state index is 13.1. The van der Waals surface area contributed by atoms with E-state index in [0.717, 1.165) is 19.6 Å². The SMILES string of the molecule is Cc1nc(-c2nc(C3CNCCN3C)no2)nn1-c1ccc(F)cc1.Cl. The van der Waals surface area contributed by atoms with Gasteiger partial charge < -0.3 is 9.84 Å². The largest absolute Gasteiger partial charge is 0.330 e. The first-order valence-electron chi connectivity index (χ1n) is 8.06. The summed E-state index contributed by atoms with van der Waals surface area (Å²) in [4.78, 5) is 11.0. The molecule has 1 unspecified atom stereocenters. The van der Waals surface area contributed by atoms with Gasteiger partial charge in [0.05, 0.1) is 11.7 Å². The fourth-order valence-corrected chi connectivity index (χ4v) is 2.86. The molecule has 0 spiro atoms. The van der Waals surface area contributed by atoms with Gasteiger partial charge in [-0.2, -0.15) is 4.98 Å². The van der Waals surface area contributed by atoms with E-state index in [1.165, 1.54) is 12.1 Å². The molecule has 138 valence electrons. The summed E-state index contributed by atoms with van der Waals surface area (Å²) in [5, 5.41) is 11.8. The molecule has 8 nitrogen and oxygen atoms in total. The molecule has 0 aliphatic carbocycles. The lowest BCUT2D eigenvalue weighted by Gasteiger charge is -2.30. The van der Waals surface area contributed by atoms with Crippen molar-refractivity contribution < 1.29 is 8.91 Å². The zero-order chi connectivity index (χ0) is 17.4. The number of nitrogens with zero attached hydrogens (tertiary/aromatic N) is 6. The molecule has 3 aromatic rings. The van der Waals surface area contributed by atoms with E-state index in [2.05, 4.69) is 30.4 Å². The second kappa shape index (κ2) is 7.48. The van der Waals surface area contributed by atoms with Crippen molar-refractivity contribution in [1.29, 1.82) is 0 Å². The minimum absolute atomic E-state index is 0. The Morgan fingerprint density at radius 3 is 2.73 bits per heavy atom. The standard InChI is InChI=1S/C16H18FN7O.ClH/c1-10-19-15(21-24(10)12-5-3-11(17)4-6-12)16-20-14(22-25-16)13-9-18-7-8-23(13)2;/h3-6,13,18H,7-9H2,1-2H3;1H. The minimum atomic E-state index is -0.298. The van der Waals surface area contributed by atoms with Crippen molar-refractivity contribution >= 4 is 12.4 Å². The molecule has 3 heterocycles. The van der Waals surface area contributed by atoms with E-state index in [0.29, 0.717) is 23.2 Å². The van der Waals surface area contributed by atoms with Crippen molar-refractivity contribution in [3.8, 4) is 17.4 Å². The number of benzene rings is 1. The molecule has 1 aliphatic rings. The summed E-state index contributed by atoms with van der Waals surface area (Å²) in [6, 6.07) is 6.11. The lowest BCUT2D eigenvalue weighted by Crippen LogP contribution is -2.44. The van der Waals surface area contributed by atoms with Crippen molar-refractivity contribution in [2.75, 3.05) is 26.7 Å². The van der Waals surface area contributed by atoms with Crippen LogP contribution < -0.4 is 5.32 Å². The number of aryl methyl sites for hydroxylation is 1. The Labute approximate surface area is 155 Å². The topological polar surface area (TPSA) is 84.9 Å². The zero-order valence-corrected chi connectivity index (χ0v) is 15.2. The Morgan fingerprint density at radius 2 is 2.00 bits per heavy atom. The highest BCUT2D eigenvalue weighted by molar-refractivity contribution is 5.85. The highest BCUT2D eigenvalue weighted by atomic mass is 35.5. The van der Waals surface area contributed by atoms with Gasteiger partial charge in [-0.3, -0.25) is 4.90 Å². The molecule has 10 heteroatoms. The predicted octanol–water partition coefficient (Wildman–Crippen LogP) is 1.76. The lowest BCUT2D eigenvalue weighted by atomic mass is 10.2. The van der Waals surface area contributed by atoms with Crippen molar-refractivity contribution in [1.82, 2.24) is 35.1 Å². The van der Waals surface area contributed by atoms with Gasteiger partial charge in [0.25, 0.3) is 5.89 Å². The highest BCUT2D eigenvalue weighted by Crippen LogP contribution is 2.22. The molecule has 4 rings (SSSR count). The third-order valence-electron chi connectivity index (χ3n) is 4.28. The summed E-state index contributed by atoms with van der Waals surface area (Å²) < 4.78 is 20.1. The van der Waals surface area contributed by atoms with E-state index in [4.69, 9.17) is 4.52 Å². The van der Waals surface area contributed by atoms with E-state index in [9.17, 15) is 4.39 Å². The van der Waals surface area contributed by atoms with Gasteiger partial charge in [0.15, 0.2) is 5.82 Å². The summed E-state index contributed by atoms with van der Waals surface area (Å²) in [6.45, 7) is 4.45. The average Bonchev–Trinajstić information content (AvgIpc) is 3.23. The monoisotopic (exact) mass is 379 g/mol. The zero-order valence-electron chi connectivity index (χ0n) is 14.4. The number of piperazine rings is 1. The van der Waals surface area contributed by atoms with Gasteiger partial charge >= 0.3 is 0 Å². The summed E-state index contributed by atoms with van der Waals surface area (Å²) in [6.07, 6.45) is 0. The molecule has 2 aromatic heterocycles. The molecular weight excluding hydrogens is 361 g/mol. The van der Waals surface area contributed by atoms with Crippen LogP contribution in [0.5, 0.6) is 0 Å². The summed E-state index contributed by atoms with van der Waals surface area (Å²) in [5.41, 5.74) is 0.716. The van der Waals surface area contributed by atoms with Gasteiger partial charge in [-0.05, 0) is 38.2 Å². The van der Waals surface area contributed by atoms with Crippen LogP contribution in [0.3, 0.4) is 0 Å². The van der Waals surface area contributed by atoms with E-state index >= 15 is 0 Å².